The van der Waals surface area contributed by atoms with E-state index in [2.05, 4.69) is 55.6 Å². The Morgan fingerprint density at radius 1 is 0.667 bits per heavy atom. The molecular weight excluding hydrogens is 550 g/mol. The lowest BCUT2D eigenvalue weighted by Gasteiger charge is -2.22. The zero-order valence-corrected chi connectivity index (χ0v) is 27.3. The van der Waals surface area contributed by atoms with Crippen molar-refractivity contribution in [3.05, 3.63) is 48.6 Å². The van der Waals surface area contributed by atoms with Crippen molar-refractivity contribution in [2.24, 2.45) is 0 Å². The SMILES string of the molecule is CCCCC/C=C\C=C/CCCCCCCC(O)C(=O)NC(CS(=O)(=O)O)C(O)/C=C/CC/C=C/CCCCCCC. The molecule has 0 saturated carbocycles. The Morgan fingerprint density at radius 3 is 1.76 bits per heavy atom. The molecule has 0 radical (unpaired) electrons. The van der Waals surface area contributed by atoms with E-state index in [-0.39, 0.29) is 6.42 Å². The second-order valence-corrected chi connectivity index (χ2v) is 12.7. The predicted octanol–water partition coefficient (Wildman–Crippen LogP) is 7.76. The smallest absolute Gasteiger partial charge is 0.267 e. The van der Waals surface area contributed by atoms with Crippen LogP contribution in [0.5, 0.6) is 0 Å². The Kier molecular flexibility index (Phi) is 26.9. The Bertz CT molecular complexity index is 865. The second-order valence-electron chi connectivity index (χ2n) is 11.2. The van der Waals surface area contributed by atoms with Crippen LogP contribution in [0.4, 0.5) is 0 Å². The molecule has 0 spiro atoms. The number of aliphatic hydroxyl groups excluding tert-OH is 2. The van der Waals surface area contributed by atoms with Gasteiger partial charge in [-0.15, -0.1) is 0 Å². The third kappa shape index (κ3) is 27.1. The Morgan fingerprint density at radius 2 is 1.14 bits per heavy atom. The van der Waals surface area contributed by atoms with E-state index in [1.165, 1.54) is 57.4 Å². The van der Waals surface area contributed by atoms with Crippen molar-refractivity contribution in [3.63, 3.8) is 0 Å². The van der Waals surface area contributed by atoms with Gasteiger partial charge in [0.15, 0.2) is 0 Å². The monoisotopic (exact) mass is 611 g/mol. The molecule has 0 aliphatic rings. The van der Waals surface area contributed by atoms with Gasteiger partial charge >= 0.3 is 0 Å². The summed E-state index contributed by atoms with van der Waals surface area (Å²) in [5, 5.41) is 23.1. The molecule has 0 saturated heterocycles. The number of unbranched alkanes of at least 4 members (excludes halogenated alkanes) is 14. The summed E-state index contributed by atoms with van der Waals surface area (Å²) in [6.45, 7) is 4.41. The van der Waals surface area contributed by atoms with Crippen LogP contribution in [-0.2, 0) is 14.9 Å². The van der Waals surface area contributed by atoms with Crippen LogP contribution in [0.3, 0.4) is 0 Å². The molecule has 0 aliphatic heterocycles. The number of hydrogen-bond donors (Lipinski definition) is 4. The number of aliphatic hydroxyl groups is 2. The molecule has 0 aliphatic carbocycles. The molecule has 4 N–H and O–H groups in total. The maximum atomic E-state index is 12.5. The summed E-state index contributed by atoms with van der Waals surface area (Å²) in [6, 6.07) is -1.25. The minimum Gasteiger partial charge on any atom is -0.387 e. The molecule has 0 aromatic rings. The minimum absolute atomic E-state index is 0.254. The molecule has 8 heteroatoms. The summed E-state index contributed by atoms with van der Waals surface area (Å²) in [7, 11) is -4.45. The van der Waals surface area contributed by atoms with Crippen LogP contribution in [0.1, 0.15) is 136 Å². The van der Waals surface area contributed by atoms with Gasteiger partial charge in [-0.1, -0.05) is 127 Å². The van der Waals surface area contributed by atoms with E-state index in [1.54, 1.807) is 6.08 Å². The third-order valence-corrected chi connectivity index (χ3v) is 7.89. The van der Waals surface area contributed by atoms with Crippen LogP contribution in [0.15, 0.2) is 48.6 Å². The van der Waals surface area contributed by atoms with Gasteiger partial charge < -0.3 is 15.5 Å². The zero-order chi connectivity index (χ0) is 31.3. The molecule has 0 bridgehead atoms. The molecule has 0 rings (SSSR count). The van der Waals surface area contributed by atoms with Crippen LogP contribution < -0.4 is 5.32 Å². The molecule has 0 heterocycles. The van der Waals surface area contributed by atoms with Crippen molar-refractivity contribution < 1.29 is 28.0 Å². The van der Waals surface area contributed by atoms with Gasteiger partial charge in [0.2, 0.25) is 5.91 Å². The van der Waals surface area contributed by atoms with E-state index < -0.39 is 40.0 Å². The van der Waals surface area contributed by atoms with Crippen molar-refractivity contribution in [2.45, 2.75) is 154 Å². The van der Waals surface area contributed by atoms with Gasteiger partial charge in [-0.25, -0.2) is 0 Å². The molecule has 42 heavy (non-hydrogen) atoms. The summed E-state index contributed by atoms with van der Waals surface area (Å²) in [5.74, 6) is -1.58. The average Bonchev–Trinajstić information content (AvgIpc) is 2.94. The molecule has 244 valence electrons. The summed E-state index contributed by atoms with van der Waals surface area (Å²) in [6.07, 6.45) is 33.1. The van der Waals surface area contributed by atoms with Gasteiger partial charge in [-0.3, -0.25) is 9.35 Å². The standard InChI is InChI=1S/C34H61NO6S/c1-3-5-7-9-11-13-15-16-17-19-21-23-25-27-29-33(37)34(38)35-31(30-42(39,40)41)32(36)28-26-24-22-20-18-14-12-10-8-6-4-2/h11,13,15-16,18,20,26,28,31-33,36-37H,3-10,12,14,17,19,21-25,27,29-30H2,1-2H3,(H,35,38)(H,39,40,41)/b13-11-,16-15-,20-18+,28-26+. The van der Waals surface area contributed by atoms with E-state index in [0.29, 0.717) is 12.8 Å². The molecule has 1 amide bonds. The van der Waals surface area contributed by atoms with Crippen LogP contribution in [0.25, 0.3) is 0 Å². The van der Waals surface area contributed by atoms with Crippen molar-refractivity contribution in [1.29, 1.82) is 0 Å². The van der Waals surface area contributed by atoms with Crippen LogP contribution in [-0.4, -0.2) is 53.1 Å². The van der Waals surface area contributed by atoms with Crippen molar-refractivity contribution in [1.82, 2.24) is 5.32 Å². The number of hydrogen-bond acceptors (Lipinski definition) is 5. The summed E-state index contributed by atoms with van der Waals surface area (Å²) < 4.78 is 32.2. The average molecular weight is 612 g/mol. The molecular formula is C34H61NO6S. The quantitative estimate of drug-likeness (QED) is 0.0310. The van der Waals surface area contributed by atoms with E-state index in [0.717, 1.165) is 51.4 Å². The fraction of sp³-hybridized carbons (Fsp3) is 0.735. The first-order chi connectivity index (χ1) is 20.2. The van der Waals surface area contributed by atoms with Gasteiger partial charge in [0, 0.05) is 0 Å². The van der Waals surface area contributed by atoms with Gasteiger partial charge in [0.25, 0.3) is 10.1 Å². The molecule has 0 fully saturated rings. The van der Waals surface area contributed by atoms with E-state index >= 15 is 0 Å². The van der Waals surface area contributed by atoms with Crippen molar-refractivity contribution in [2.75, 3.05) is 5.75 Å². The number of carbonyl (C=O) groups excluding carboxylic acids is 1. The number of amides is 1. The molecule has 7 nitrogen and oxygen atoms in total. The van der Waals surface area contributed by atoms with Crippen LogP contribution in [0.2, 0.25) is 0 Å². The molecule has 0 aromatic carbocycles. The number of nitrogens with one attached hydrogen (secondary N) is 1. The maximum Gasteiger partial charge on any atom is 0.267 e. The lowest BCUT2D eigenvalue weighted by molar-refractivity contribution is -0.130. The first-order valence-electron chi connectivity index (χ1n) is 16.5. The van der Waals surface area contributed by atoms with Gasteiger partial charge in [0.05, 0.1) is 17.9 Å². The highest BCUT2D eigenvalue weighted by molar-refractivity contribution is 7.85. The zero-order valence-electron chi connectivity index (χ0n) is 26.5. The third-order valence-electron chi connectivity index (χ3n) is 7.11. The number of carbonyl (C=O) groups is 1. The van der Waals surface area contributed by atoms with Crippen molar-refractivity contribution in [3.8, 4) is 0 Å². The summed E-state index contributed by atoms with van der Waals surface area (Å²) in [5.41, 5.74) is 0. The first-order valence-corrected chi connectivity index (χ1v) is 18.1. The highest BCUT2D eigenvalue weighted by Crippen LogP contribution is 2.11. The minimum atomic E-state index is -4.45. The lowest BCUT2D eigenvalue weighted by Crippen LogP contribution is -2.50. The molecule has 3 unspecified atom stereocenters. The van der Waals surface area contributed by atoms with E-state index in [9.17, 15) is 28.0 Å². The normalized spacial score (nSPS) is 14.9. The Balaban J connectivity index is 4.28. The maximum absolute atomic E-state index is 12.5. The van der Waals surface area contributed by atoms with E-state index in [1.807, 2.05) is 0 Å². The van der Waals surface area contributed by atoms with Crippen LogP contribution >= 0.6 is 0 Å². The predicted molar refractivity (Wildman–Crippen MR) is 176 cm³/mol. The summed E-state index contributed by atoms with van der Waals surface area (Å²) >= 11 is 0. The fourth-order valence-corrected chi connectivity index (χ4v) is 5.25. The fourth-order valence-electron chi connectivity index (χ4n) is 4.52. The number of rotatable bonds is 28. The van der Waals surface area contributed by atoms with Gasteiger partial charge in [-0.2, -0.15) is 8.42 Å². The lowest BCUT2D eigenvalue weighted by atomic mass is 10.1. The van der Waals surface area contributed by atoms with E-state index in [4.69, 9.17) is 0 Å². The Hall–Kier alpha value is -1.74. The van der Waals surface area contributed by atoms with Gasteiger partial charge in [0.1, 0.15) is 6.10 Å². The number of allylic oxidation sites excluding steroid dienone is 7. The Labute approximate surface area is 257 Å². The summed E-state index contributed by atoms with van der Waals surface area (Å²) in [4.78, 5) is 12.5. The highest BCUT2D eigenvalue weighted by atomic mass is 32.2. The topological polar surface area (TPSA) is 124 Å². The molecule has 0 aromatic heterocycles. The molecule has 3 atom stereocenters. The first kappa shape index (κ1) is 40.3. The van der Waals surface area contributed by atoms with Crippen molar-refractivity contribution >= 4 is 16.0 Å². The van der Waals surface area contributed by atoms with Crippen LogP contribution in [0, 0.1) is 0 Å². The highest BCUT2D eigenvalue weighted by Gasteiger charge is 2.27. The van der Waals surface area contributed by atoms with Gasteiger partial charge in [-0.05, 0) is 57.8 Å². The second kappa shape index (κ2) is 28.1. The largest absolute Gasteiger partial charge is 0.387 e.